The molecule has 3 fully saturated rings. The Morgan fingerprint density at radius 2 is 1.86 bits per heavy atom. The lowest BCUT2D eigenvalue weighted by atomic mass is 10.1. The van der Waals surface area contributed by atoms with E-state index >= 15 is 0 Å². The summed E-state index contributed by atoms with van der Waals surface area (Å²) in [5.41, 5.74) is 4.59. The van der Waals surface area contributed by atoms with E-state index in [9.17, 15) is 9.59 Å². The van der Waals surface area contributed by atoms with Crippen molar-refractivity contribution in [2.75, 3.05) is 18.0 Å². The zero-order valence-corrected chi connectivity index (χ0v) is 16.9. The smallest absolute Gasteiger partial charge is 0.227 e. The number of anilines is 1. The first-order valence-electron chi connectivity index (χ1n) is 10.8. The number of hydrogen-bond acceptors (Lipinski definition) is 3. The molecule has 0 radical (unpaired) electrons. The topological polar surface area (TPSA) is 67.2 Å². The van der Waals surface area contributed by atoms with Crippen LogP contribution in [-0.4, -0.2) is 34.7 Å². The molecule has 1 unspecified atom stereocenters. The molecule has 0 bridgehead atoms. The molecule has 2 heterocycles. The van der Waals surface area contributed by atoms with Crippen LogP contribution in [-0.2, 0) is 16.1 Å². The fraction of sp³-hybridized carbons (Fsp3) is 0.522. The summed E-state index contributed by atoms with van der Waals surface area (Å²) in [6.45, 7) is 3.73. The molecule has 6 nitrogen and oxygen atoms in total. The molecule has 1 aromatic heterocycles. The van der Waals surface area contributed by atoms with E-state index < -0.39 is 0 Å². The van der Waals surface area contributed by atoms with Gasteiger partial charge in [0.15, 0.2) is 0 Å². The van der Waals surface area contributed by atoms with Gasteiger partial charge in [-0.2, -0.15) is 5.10 Å². The van der Waals surface area contributed by atoms with Crippen molar-refractivity contribution in [3.8, 4) is 0 Å². The van der Waals surface area contributed by atoms with Gasteiger partial charge in [0.1, 0.15) is 0 Å². The van der Waals surface area contributed by atoms with Gasteiger partial charge < -0.3 is 10.2 Å². The van der Waals surface area contributed by atoms with Gasteiger partial charge in [-0.3, -0.25) is 14.3 Å². The molecule has 2 saturated carbocycles. The van der Waals surface area contributed by atoms with Gasteiger partial charge >= 0.3 is 0 Å². The van der Waals surface area contributed by atoms with Crippen molar-refractivity contribution in [3.05, 3.63) is 47.3 Å². The van der Waals surface area contributed by atoms with Crippen molar-refractivity contribution < 1.29 is 9.59 Å². The molecule has 1 aromatic carbocycles. The van der Waals surface area contributed by atoms with E-state index in [0.29, 0.717) is 31.5 Å². The van der Waals surface area contributed by atoms with Crippen LogP contribution in [0.5, 0.6) is 0 Å². The molecule has 1 atom stereocenters. The first-order chi connectivity index (χ1) is 14.1. The Balaban J connectivity index is 1.16. The Bertz CT molecular complexity index is 925. The molecule has 1 N–H and O–H groups in total. The summed E-state index contributed by atoms with van der Waals surface area (Å²) in [6.07, 6.45) is 5.29. The number of hydrogen-bond donors (Lipinski definition) is 1. The van der Waals surface area contributed by atoms with Crippen molar-refractivity contribution in [3.63, 3.8) is 0 Å². The van der Waals surface area contributed by atoms with Gasteiger partial charge in [-0.05, 0) is 50.8 Å². The van der Waals surface area contributed by atoms with Crippen LogP contribution in [0.4, 0.5) is 5.69 Å². The third-order valence-corrected chi connectivity index (χ3v) is 6.29. The molecule has 2 amide bonds. The lowest BCUT2D eigenvalue weighted by molar-refractivity contribution is -0.126. The molecule has 2 aromatic rings. The minimum absolute atomic E-state index is 0.0196. The lowest BCUT2D eigenvalue weighted by Crippen LogP contribution is -2.35. The summed E-state index contributed by atoms with van der Waals surface area (Å²) < 4.78 is 2.10. The maximum Gasteiger partial charge on any atom is 0.227 e. The fourth-order valence-electron chi connectivity index (χ4n) is 4.20. The van der Waals surface area contributed by atoms with Crippen LogP contribution in [0.1, 0.15) is 60.9 Å². The van der Waals surface area contributed by atoms with Crippen LogP contribution in [0.15, 0.2) is 30.3 Å². The molecule has 2 aliphatic carbocycles. The highest BCUT2D eigenvalue weighted by Gasteiger charge is 2.35. The van der Waals surface area contributed by atoms with Crippen LogP contribution < -0.4 is 10.2 Å². The summed E-state index contributed by atoms with van der Waals surface area (Å²) in [4.78, 5) is 26.8. The van der Waals surface area contributed by atoms with Gasteiger partial charge in [0.05, 0.1) is 18.2 Å². The highest BCUT2D eigenvalue weighted by Crippen LogP contribution is 2.44. The highest BCUT2D eigenvalue weighted by molar-refractivity contribution is 6.00. The molecule has 3 aliphatic rings. The van der Waals surface area contributed by atoms with Crippen LogP contribution in [0.3, 0.4) is 0 Å². The molecule has 6 heteroatoms. The first kappa shape index (κ1) is 18.4. The fourth-order valence-corrected chi connectivity index (χ4v) is 4.20. The van der Waals surface area contributed by atoms with Crippen LogP contribution in [0, 0.1) is 12.8 Å². The number of rotatable bonds is 7. The van der Waals surface area contributed by atoms with Crippen molar-refractivity contribution in [1.29, 1.82) is 0 Å². The van der Waals surface area contributed by atoms with E-state index in [0.717, 1.165) is 11.3 Å². The van der Waals surface area contributed by atoms with Gasteiger partial charge in [0.25, 0.3) is 0 Å². The molecule has 29 heavy (non-hydrogen) atoms. The lowest BCUT2D eigenvalue weighted by Gasteiger charge is -2.17. The number of benzene rings is 1. The summed E-state index contributed by atoms with van der Waals surface area (Å²) in [5, 5.41) is 7.84. The van der Waals surface area contributed by atoms with Gasteiger partial charge in [-0.1, -0.05) is 17.7 Å². The summed E-state index contributed by atoms with van der Waals surface area (Å²) in [6, 6.07) is 10.2. The number of nitrogens with zero attached hydrogens (tertiary/aromatic N) is 3. The Kier molecular flexibility index (Phi) is 4.64. The predicted octanol–water partition coefficient (Wildman–Crippen LogP) is 3.12. The molecule has 5 rings (SSSR count). The van der Waals surface area contributed by atoms with Crippen molar-refractivity contribution >= 4 is 17.5 Å². The highest BCUT2D eigenvalue weighted by atomic mass is 16.2. The van der Waals surface area contributed by atoms with E-state index in [-0.39, 0.29) is 24.2 Å². The van der Waals surface area contributed by atoms with Gasteiger partial charge in [-0.15, -0.1) is 0 Å². The molecule has 0 spiro atoms. The number of carbonyl (C=O) groups is 2. The third-order valence-electron chi connectivity index (χ3n) is 6.29. The average Bonchev–Trinajstić information content (AvgIpc) is 3.65. The monoisotopic (exact) mass is 392 g/mol. The minimum Gasteiger partial charge on any atom is -0.354 e. The van der Waals surface area contributed by atoms with Gasteiger partial charge in [0, 0.05) is 42.7 Å². The quantitative estimate of drug-likeness (QED) is 0.787. The number of aromatic nitrogens is 2. The van der Waals surface area contributed by atoms with Crippen molar-refractivity contribution in [1.82, 2.24) is 15.1 Å². The van der Waals surface area contributed by atoms with E-state index in [1.807, 2.05) is 31.2 Å². The zero-order chi connectivity index (χ0) is 20.0. The predicted molar refractivity (Wildman–Crippen MR) is 111 cm³/mol. The van der Waals surface area contributed by atoms with Crippen LogP contribution in [0.25, 0.3) is 0 Å². The SMILES string of the molecule is Cc1ccc(N2CC(C(=O)NCCn3nc(C4CC4)cc3C3CC3)CC2=O)cc1. The Morgan fingerprint density at radius 1 is 1.14 bits per heavy atom. The Morgan fingerprint density at radius 3 is 2.55 bits per heavy atom. The maximum absolute atomic E-state index is 12.6. The Labute approximate surface area is 171 Å². The normalized spacial score (nSPS) is 21.6. The van der Waals surface area contributed by atoms with Crippen LogP contribution in [0.2, 0.25) is 0 Å². The number of aryl methyl sites for hydroxylation is 1. The third kappa shape index (κ3) is 3.93. The number of nitrogens with one attached hydrogen (secondary N) is 1. The van der Waals surface area contributed by atoms with Crippen LogP contribution >= 0.6 is 0 Å². The summed E-state index contributed by atoms with van der Waals surface area (Å²) in [7, 11) is 0. The molecule has 152 valence electrons. The van der Waals surface area contributed by atoms with E-state index in [2.05, 4.69) is 16.1 Å². The molecule has 1 aliphatic heterocycles. The summed E-state index contributed by atoms with van der Waals surface area (Å²) in [5.74, 6) is 1.01. The number of carbonyl (C=O) groups excluding carboxylic acids is 2. The average molecular weight is 393 g/mol. The molecular weight excluding hydrogens is 364 g/mol. The zero-order valence-electron chi connectivity index (χ0n) is 16.9. The minimum atomic E-state index is -0.286. The van der Waals surface area contributed by atoms with Crippen molar-refractivity contribution in [2.24, 2.45) is 5.92 Å². The van der Waals surface area contributed by atoms with E-state index in [1.54, 1.807) is 4.90 Å². The Hall–Kier alpha value is -2.63. The molecule has 1 saturated heterocycles. The van der Waals surface area contributed by atoms with Gasteiger partial charge in [-0.25, -0.2) is 0 Å². The second kappa shape index (κ2) is 7.32. The van der Waals surface area contributed by atoms with Gasteiger partial charge in [0.2, 0.25) is 11.8 Å². The first-order valence-corrected chi connectivity index (χ1v) is 10.8. The van der Waals surface area contributed by atoms with E-state index in [1.165, 1.54) is 37.1 Å². The molecular formula is C23H28N4O2. The second-order valence-electron chi connectivity index (χ2n) is 8.80. The number of amides is 2. The standard InChI is InChI=1S/C23H28N4O2/c1-15-2-8-19(9-3-15)26-14-18(12-22(26)28)23(29)24-10-11-27-21(17-6-7-17)13-20(25-27)16-4-5-16/h2-3,8-9,13,16-18H,4-7,10-12,14H2,1H3,(H,24,29). The second-order valence-corrected chi connectivity index (χ2v) is 8.80. The summed E-state index contributed by atoms with van der Waals surface area (Å²) >= 11 is 0. The van der Waals surface area contributed by atoms with E-state index in [4.69, 9.17) is 5.10 Å². The maximum atomic E-state index is 12.6. The van der Waals surface area contributed by atoms with Crippen molar-refractivity contribution in [2.45, 2.75) is 57.4 Å². The largest absolute Gasteiger partial charge is 0.354 e.